The van der Waals surface area contributed by atoms with Gasteiger partial charge in [0.15, 0.2) is 0 Å². The first-order valence-corrected chi connectivity index (χ1v) is 11.1. The van der Waals surface area contributed by atoms with Crippen LogP contribution in [-0.4, -0.2) is 30.7 Å². The Hall–Kier alpha value is -0.480. The average molecular weight is 337 g/mol. The standard InChI is InChI=1S/C23H46N/c1-5-9-13-15-17-19-23-24(20-11-7-3,21-12-8-4)22-18-16-14-10-6-2/h5-15,17,19-23H2,1-4H3/q+1. The lowest BCUT2D eigenvalue weighted by Gasteiger charge is -2.37. The van der Waals surface area contributed by atoms with Crippen LogP contribution in [-0.2, 0) is 0 Å². The summed E-state index contributed by atoms with van der Waals surface area (Å²) in [6.45, 7) is 14.3. The molecular formula is C23H46N+. The highest BCUT2D eigenvalue weighted by molar-refractivity contribution is 4.99. The number of nitrogens with zero attached hydrogens (tertiary/aromatic N) is 1. The van der Waals surface area contributed by atoms with Crippen molar-refractivity contribution in [2.45, 2.75) is 111 Å². The molecule has 0 atom stereocenters. The summed E-state index contributed by atoms with van der Waals surface area (Å²) >= 11 is 0. The van der Waals surface area contributed by atoms with E-state index < -0.39 is 0 Å². The fraction of sp³-hybridized carbons (Fsp3) is 0.913. The molecule has 0 aliphatic heterocycles. The molecule has 0 radical (unpaired) electrons. The van der Waals surface area contributed by atoms with Gasteiger partial charge in [0, 0.05) is 6.42 Å². The second-order valence-electron chi connectivity index (χ2n) is 7.60. The SMILES string of the molecule is CCCCC#CC[N+](CCCC)(CCCC)CCCCCCCC. The highest BCUT2D eigenvalue weighted by Gasteiger charge is 2.24. The molecule has 0 fully saturated rings. The van der Waals surface area contributed by atoms with Crippen molar-refractivity contribution in [2.75, 3.05) is 26.2 Å². The lowest BCUT2D eigenvalue weighted by molar-refractivity contribution is -0.922. The Morgan fingerprint density at radius 2 is 1.00 bits per heavy atom. The lowest BCUT2D eigenvalue weighted by Crippen LogP contribution is -2.50. The molecule has 1 heteroatoms. The van der Waals surface area contributed by atoms with E-state index in [4.69, 9.17) is 0 Å². The number of rotatable bonds is 16. The molecule has 24 heavy (non-hydrogen) atoms. The Balaban J connectivity index is 4.55. The topological polar surface area (TPSA) is 0 Å². The van der Waals surface area contributed by atoms with Crippen LogP contribution < -0.4 is 0 Å². The fourth-order valence-electron chi connectivity index (χ4n) is 3.36. The number of unbranched alkanes of at least 4 members (excludes halogenated alkanes) is 9. The summed E-state index contributed by atoms with van der Waals surface area (Å²) in [5.74, 6) is 7.01. The minimum atomic E-state index is 1.09. The quantitative estimate of drug-likeness (QED) is 0.162. The minimum absolute atomic E-state index is 1.09. The molecule has 0 N–H and O–H groups in total. The van der Waals surface area contributed by atoms with Gasteiger partial charge in [0.25, 0.3) is 0 Å². The summed E-state index contributed by atoms with van der Waals surface area (Å²) in [7, 11) is 0. The molecule has 0 heterocycles. The Bertz CT molecular complexity index is 302. The fourth-order valence-corrected chi connectivity index (χ4v) is 3.36. The first-order valence-electron chi connectivity index (χ1n) is 11.1. The molecule has 0 aliphatic rings. The molecule has 0 aromatic carbocycles. The molecule has 0 saturated carbocycles. The van der Waals surface area contributed by atoms with Gasteiger partial charge < -0.3 is 4.48 Å². The molecule has 0 aromatic heterocycles. The van der Waals surface area contributed by atoms with Gasteiger partial charge in [-0.25, -0.2) is 0 Å². The second-order valence-corrected chi connectivity index (χ2v) is 7.60. The van der Waals surface area contributed by atoms with E-state index in [9.17, 15) is 0 Å². The van der Waals surface area contributed by atoms with Crippen molar-refractivity contribution in [3.8, 4) is 11.8 Å². The Morgan fingerprint density at radius 3 is 1.58 bits per heavy atom. The third-order valence-corrected chi connectivity index (χ3v) is 5.15. The van der Waals surface area contributed by atoms with Crippen LogP contribution in [0.25, 0.3) is 0 Å². The number of hydrogen-bond donors (Lipinski definition) is 0. The molecule has 0 amide bonds. The zero-order valence-electron chi connectivity index (χ0n) is 17.5. The third kappa shape index (κ3) is 12.9. The maximum Gasteiger partial charge on any atom is 0.140 e. The molecule has 0 bridgehead atoms. The lowest BCUT2D eigenvalue weighted by atomic mass is 10.1. The van der Waals surface area contributed by atoms with Gasteiger partial charge in [0.05, 0.1) is 19.6 Å². The van der Waals surface area contributed by atoms with Gasteiger partial charge in [-0.15, -0.1) is 0 Å². The number of quaternary nitrogens is 1. The normalized spacial score (nSPS) is 11.3. The van der Waals surface area contributed by atoms with Crippen LogP contribution >= 0.6 is 0 Å². The van der Waals surface area contributed by atoms with Gasteiger partial charge in [0.1, 0.15) is 6.54 Å². The molecular weight excluding hydrogens is 290 g/mol. The first kappa shape index (κ1) is 23.5. The van der Waals surface area contributed by atoms with Gasteiger partial charge in [-0.05, 0) is 38.0 Å². The van der Waals surface area contributed by atoms with E-state index in [-0.39, 0.29) is 0 Å². The van der Waals surface area contributed by atoms with Crippen molar-refractivity contribution in [2.24, 2.45) is 0 Å². The average Bonchev–Trinajstić information content (AvgIpc) is 2.60. The highest BCUT2D eigenvalue weighted by Crippen LogP contribution is 2.16. The monoisotopic (exact) mass is 336 g/mol. The van der Waals surface area contributed by atoms with Crippen molar-refractivity contribution >= 4 is 0 Å². The Labute approximate surface area is 154 Å². The molecule has 1 nitrogen and oxygen atoms in total. The van der Waals surface area contributed by atoms with Crippen LogP contribution in [0.3, 0.4) is 0 Å². The maximum absolute atomic E-state index is 3.56. The molecule has 0 aliphatic carbocycles. The molecule has 142 valence electrons. The van der Waals surface area contributed by atoms with Crippen molar-refractivity contribution in [3.63, 3.8) is 0 Å². The van der Waals surface area contributed by atoms with Crippen LogP contribution in [0.1, 0.15) is 111 Å². The van der Waals surface area contributed by atoms with Gasteiger partial charge in [0.2, 0.25) is 0 Å². The van der Waals surface area contributed by atoms with E-state index in [1.54, 1.807) is 0 Å². The van der Waals surface area contributed by atoms with Crippen LogP contribution in [0.2, 0.25) is 0 Å². The third-order valence-electron chi connectivity index (χ3n) is 5.15. The zero-order chi connectivity index (χ0) is 17.9. The highest BCUT2D eigenvalue weighted by atomic mass is 15.3. The van der Waals surface area contributed by atoms with Crippen molar-refractivity contribution in [3.05, 3.63) is 0 Å². The van der Waals surface area contributed by atoms with E-state index in [0.29, 0.717) is 0 Å². The van der Waals surface area contributed by atoms with E-state index in [1.165, 1.54) is 101 Å². The summed E-state index contributed by atoms with van der Waals surface area (Å²) in [6.07, 6.45) is 17.4. The summed E-state index contributed by atoms with van der Waals surface area (Å²) in [4.78, 5) is 0. The second kappa shape index (κ2) is 17.3. The first-order chi connectivity index (χ1) is 11.7. The maximum atomic E-state index is 3.56. The largest absolute Gasteiger partial charge is 0.314 e. The van der Waals surface area contributed by atoms with Gasteiger partial charge in [-0.3, -0.25) is 0 Å². The molecule has 0 unspecified atom stereocenters. The van der Waals surface area contributed by atoms with Crippen molar-refractivity contribution < 1.29 is 4.48 Å². The van der Waals surface area contributed by atoms with E-state index in [2.05, 4.69) is 39.5 Å². The summed E-state index contributed by atoms with van der Waals surface area (Å²) in [5, 5.41) is 0. The predicted molar refractivity (Wildman–Crippen MR) is 110 cm³/mol. The van der Waals surface area contributed by atoms with Crippen molar-refractivity contribution in [1.29, 1.82) is 0 Å². The van der Waals surface area contributed by atoms with Crippen LogP contribution in [0, 0.1) is 11.8 Å². The predicted octanol–water partition coefficient (Wildman–Crippen LogP) is 6.96. The smallest absolute Gasteiger partial charge is 0.140 e. The molecule has 0 saturated heterocycles. The van der Waals surface area contributed by atoms with E-state index in [1.807, 2.05) is 0 Å². The van der Waals surface area contributed by atoms with Gasteiger partial charge in [-0.1, -0.05) is 78.6 Å². The molecule has 0 spiro atoms. The summed E-state index contributed by atoms with van der Waals surface area (Å²) in [6, 6.07) is 0. The summed E-state index contributed by atoms with van der Waals surface area (Å²) in [5.41, 5.74) is 0. The van der Waals surface area contributed by atoms with Crippen LogP contribution in [0.15, 0.2) is 0 Å². The van der Waals surface area contributed by atoms with Crippen LogP contribution in [0.4, 0.5) is 0 Å². The minimum Gasteiger partial charge on any atom is -0.314 e. The molecule has 0 aromatic rings. The van der Waals surface area contributed by atoms with E-state index >= 15 is 0 Å². The number of hydrogen-bond acceptors (Lipinski definition) is 0. The zero-order valence-corrected chi connectivity index (χ0v) is 17.5. The van der Waals surface area contributed by atoms with Gasteiger partial charge >= 0.3 is 0 Å². The van der Waals surface area contributed by atoms with Gasteiger partial charge in [-0.2, -0.15) is 0 Å². The Morgan fingerprint density at radius 1 is 0.500 bits per heavy atom. The summed E-state index contributed by atoms with van der Waals surface area (Å²) < 4.78 is 1.27. The van der Waals surface area contributed by atoms with Crippen LogP contribution in [0.5, 0.6) is 0 Å². The Kier molecular flexibility index (Phi) is 17.0. The van der Waals surface area contributed by atoms with Crippen molar-refractivity contribution in [1.82, 2.24) is 0 Å². The van der Waals surface area contributed by atoms with E-state index in [0.717, 1.165) is 13.0 Å². The molecule has 0 rings (SSSR count).